The van der Waals surface area contributed by atoms with E-state index in [1.165, 1.54) is 49.7 Å². The van der Waals surface area contributed by atoms with Crippen LogP contribution in [-0.4, -0.2) is 0 Å². The van der Waals surface area contributed by atoms with Crippen LogP contribution >= 0.6 is 0 Å². The summed E-state index contributed by atoms with van der Waals surface area (Å²) in [6.07, 6.45) is 0. The number of rotatable bonds is 3. The normalized spacial score (nSPS) is 13.5. The summed E-state index contributed by atoms with van der Waals surface area (Å²) in [7, 11) is 0. The predicted octanol–water partition coefficient (Wildman–Crippen LogP) is 11.4. The van der Waals surface area contributed by atoms with Gasteiger partial charge in [-0.05, 0) is 86.6 Å². The fourth-order valence-electron chi connectivity index (χ4n) is 8.01. The van der Waals surface area contributed by atoms with Crippen molar-refractivity contribution in [3.63, 3.8) is 0 Å². The molecular formula is C43H27NO. The molecule has 1 spiro atoms. The van der Waals surface area contributed by atoms with Crippen LogP contribution in [0.1, 0.15) is 22.5 Å². The maximum absolute atomic E-state index is 6.95. The highest BCUT2D eigenvalue weighted by Gasteiger charge is 2.55. The van der Waals surface area contributed by atoms with E-state index in [0.717, 1.165) is 33.8 Å². The number of anilines is 3. The van der Waals surface area contributed by atoms with Crippen molar-refractivity contribution in [1.82, 2.24) is 0 Å². The van der Waals surface area contributed by atoms with Crippen LogP contribution in [0.15, 0.2) is 168 Å². The molecule has 1 heterocycles. The molecule has 210 valence electrons. The topological polar surface area (TPSA) is 16.4 Å². The van der Waals surface area contributed by atoms with E-state index in [-0.39, 0.29) is 0 Å². The smallest absolute Gasteiger partial charge is 0.135 e. The molecule has 0 amide bonds. The van der Waals surface area contributed by atoms with Crippen LogP contribution in [0, 0.1) is 0 Å². The Morgan fingerprint density at radius 2 is 1.02 bits per heavy atom. The van der Waals surface area contributed by atoms with Gasteiger partial charge < -0.3 is 9.32 Å². The lowest BCUT2D eigenvalue weighted by atomic mass is 9.73. The van der Waals surface area contributed by atoms with Crippen LogP contribution in [0.5, 0.6) is 0 Å². The Kier molecular flexibility index (Phi) is 4.95. The van der Waals surface area contributed by atoms with Crippen molar-refractivity contribution in [2.24, 2.45) is 0 Å². The molecule has 0 saturated carbocycles. The number of nitrogens with zero attached hydrogens (tertiary/aromatic N) is 1. The SMILES string of the molecule is c1ccc(N(c2ccc3c(c2)-c2c(oc4ccccc24)C32c3ccccc3-c3ccccc32)c2ccc3ccccc3c2)cc1. The van der Waals surface area contributed by atoms with Crippen molar-refractivity contribution in [1.29, 1.82) is 0 Å². The third-order valence-electron chi connectivity index (χ3n) is 9.83. The molecule has 0 N–H and O–H groups in total. The van der Waals surface area contributed by atoms with Gasteiger partial charge in [0.25, 0.3) is 0 Å². The molecule has 2 aliphatic rings. The average Bonchev–Trinajstić information content (AvgIpc) is 3.72. The molecule has 8 aromatic rings. The number of furan rings is 1. The lowest BCUT2D eigenvalue weighted by molar-refractivity contribution is 0.507. The summed E-state index contributed by atoms with van der Waals surface area (Å²) in [6, 6.07) is 59.2. The van der Waals surface area contributed by atoms with E-state index in [2.05, 4.69) is 169 Å². The first-order valence-corrected chi connectivity index (χ1v) is 15.5. The lowest BCUT2D eigenvalue weighted by Gasteiger charge is -2.29. The highest BCUT2D eigenvalue weighted by molar-refractivity contribution is 6.05. The summed E-state index contributed by atoms with van der Waals surface area (Å²) >= 11 is 0. The van der Waals surface area contributed by atoms with Crippen LogP contribution in [0.2, 0.25) is 0 Å². The van der Waals surface area contributed by atoms with Gasteiger partial charge in [0.2, 0.25) is 0 Å². The molecule has 0 bridgehead atoms. The summed E-state index contributed by atoms with van der Waals surface area (Å²) in [4.78, 5) is 2.37. The molecule has 0 radical (unpaired) electrons. The molecule has 2 heteroatoms. The van der Waals surface area contributed by atoms with Crippen LogP contribution < -0.4 is 4.90 Å². The lowest BCUT2D eigenvalue weighted by Crippen LogP contribution is -2.25. The molecule has 2 nitrogen and oxygen atoms in total. The second-order valence-electron chi connectivity index (χ2n) is 12.1. The zero-order valence-electron chi connectivity index (χ0n) is 24.4. The van der Waals surface area contributed by atoms with Gasteiger partial charge in [-0.3, -0.25) is 0 Å². The van der Waals surface area contributed by atoms with Gasteiger partial charge in [-0.2, -0.15) is 0 Å². The van der Waals surface area contributed by atoms with Gasteiger partial charge >= 0.3 is 0 Å². The summed E-state index contributed by atoms with van der Waals surface area (Å²) < 4.78 is 6.95. The summed E-state index contributed by atoms with van der Waals surface area (Å²) in [5, 5.41) is 3.61. The molecule has 0 unspecified atom stereocenters. The molecule has 7 aromatic carbocycles. The van der Waals surface area contributed by atoms with Crippen LogP contribution in [0.25, 0.3) is 44.0 Å². The maximum atomic E-state index is 6.95. The summed E-state index contributed by atoms with van der Waals surface area (Å²) in [5.41, 5.74) is 12.6. The van der Waals surface area contributed by atoms with Crippen LogP contribution in [0.3, 0.4) is 0 Å². The van der Waals surface area contributed by atoms with Gasteiger partial charge in [0.05, 0.1) is 0 Å². The van der Waals surface area contributed by atoms with E-state index in [1.54, 1.807) is 0 Å². The zero-order valence-corrected chi connectivity index (χ0v) is 24.4. The average molecular weight is 574 g/mol. The Balaban J connectivity index is 1.28. The van der Waals surface area contributed by atoms with E-state index in [0.29, 0.717) is 0 Å². The molecule has 0 fully saturated rings. The Labute approximate surface area is 261 Å². The molecular weight excluding hydrogens is 546 g/mol. The fourth-order valence-corrected chi connectivity index (χ4v) is 8.01. The molecule has 0 saturated heterocycles. The molecule has 1 aromatic heterocycles. The largest absolute Gasteiger partial charge is 0.459 e. The maximum Gasteiger partial charge on any atom is 0.135 e. The highest BCUT2D eigenvalue weighted by atomic mass is 16.3. The van der Waals surface area contributed by atoms with E-state index in [1.807, 2.05) is 0 Å². The first kappa shape index (κ1) is 24.6. The van der Waals surface area contributed by atoms with Crippen molar-refractivity contribution in [2.45, 2.75) is 5.41 Å². The Morgan fingerprint density at radius 1 is 0.422 bits per heavy atom. The van der Waals surface area contributed by atoms with Gasteiger partial charge in [0.15, 0.2) is 0 Å². The minimum absolute atomic E-state index is 0.518. The van der Waals surface area contributed by atoms with Gasteiger partial charge in [0, 0.05) is 28.0 Å². The Bertz CT molecular complexity index is 2410. The second-order valence-corrected chi connectivity index (χ2v) is 12.1. The zero-order chi connectivity index (χ0) is 29.5. The highest BCUT2D eigenvalue weighted by Crippen LogP contribution is 2.65. The monoisotopic (exact) mass is 573 g/mol. The third kappa shape index (κ3) is 3.23. The van der Waals surface area contributed by atoms with Gasteiger partial charge in [-0.1, -0.05) is 121 Å². The first-order chi connectivity index (χ1) is 22.3. The van der Waals surface area contributed by atoms with Gasteiger partial charge in [0.1, 0.15) is 16.8 Å². The van der Waals surface area contributed by atoms with E-state index in [4.69, 9.17) is 4.42 Å². The molecule has 45 heavy (non-hydrogen) atoms. The predicted molar refractivity (Wildman–Crippen MR) is 185 cm³/mol. The molecule has 10 rings (SSSR count). The van der Waals surface area contributed by atoms with Crippen molar-refractivity contribution < 1.29 is 4.42 Å². The standard InChI is InChI=1S/C43H27NO/c1-2-14-30(15-3-1)44(31-23-22-28-12-4-5-13-29(28)26-31)32-24-25-39-36(27-32)41-35-18-8-11-21-40(35)45-42(41)43(39)37-19-9-6-16-33(37)34-17-7-10-20-38(34)43/h1-27H. The van der Waals surface area contributed by atoms with Crippen molar-refractivity contribution >= 4 is 38.8 Å². The fraction of sp³-hybridized carbons (Fsp3) is 0.0233. The minimum atomic E-state index is -0.518. The van der Waals surface area contributed by atoms with E-state index in [9.17, 15) is 0 Å². The minimum Gasteiger partial charge on any atom is -0.459 e. The summed E-state index contributed by atoms with van der Waals surface area (Å²) in [5.74, 6) is 1.02. The molecule has 2 aliphatic carbocycles. The third-order valence-corrected chi connectivity index (χ3v) is 9.83. The quantitative estimate of drug-likeness (QED) is 0.209. The van der Waals surface area contributed by atoms with Crippen LogP contribution in [0.4, 0.5) is 17.1 Å². The van der Waals surface area contributed by atoms with Gasteiger partial charge in [-0.15, -0.1) is 0 Å². The van der Waals surface area contributed by atoms with Gasteiger partial charge in [-0.25, -0.2) is 0 Å². The van der Waals surface area contributed by atoms with Crippen molar-refractivity contribution in [3.8, 4) is 22.3 Å². The number of hydrogen-bond donors (Lipinski definition) is 0. The van der Waals surface area contributed by atoms with Crippen LogP contribution in [-0.2, 0) is 5.41 Å². The number of hydrogen-bond acceptors (Lipinski definition) is 2. The van der Waals surface area contributed by atoms with Crippen molar-refractivity contribution in [3.05, 3.63) is 186 Å². The van der Waals surface area contributed by atoms with E-state index >= 15 is 0 Å². The first-order valence-electron chi connectivity index (χ1n) is 15.5. The van der Waals surface area contributed by atoms with E-state index < -0.39 is 5.41 Å². The molecule has 0 atom stereocenters. The number of fused-ring (bicyclic) bond motifs is 13. The summed E-state index contributed by atoms with van der Waals surface area (Å²) in [6.45, 7) is 0. The Morgan fingerprint density at radius 3 is 1.82 bits per heavy atom. The van der Waals surface area contributed by atoms with Crippen molar-refractivity contribution in [2.75, 3.05) is 4.90 Å². The Hall–Kier alpha value is -5.86. The molecule has 0 aliphatic heterocycles. The number of para-hydroxylation sites is 2. The number of benzene rings is 7. The second kappa shape index (κ2) is 9.07.